The molecule has 0 bridgehead atoms. The third kappa shape index (κ3) is 4.76. The maximum Gasteiger partial charge on any atom is 0.243 e. The highest BCUT2D eigenvalue weighted by Crippen LogP contribution is 2.31. The molecule has 0 amide bonds. The summed E-state index contributed by atoms with van der Waals surface area (Å²) in [4.78, 5) is 8.43. The second-order valence-electron chi connectivity index (χ2n) is 8.40. The second-order valence-corrected chi connectivity index (χ2v) is 10.3. The van der Waals surface area contributed by atoms with Crippen molar-refractivity contribution >= 4 is 34.8 Å². The highest BCUT2D eigenvalue weighted by Gasteiger charge is 2.31. The van der Waals surface area contributed by atoms with E-state index in [1.165, 1.54) is 10.5 Å². The van der Waals surface area contributed by atoms with Crippen molar-refractivity contribution in [2.24, 2.45) is 0 Å². The molecule has 1 saturated heterocycles. The van der Waals surface area contributed by atoms with Gasteiger partial charge in [-0.25, -0.2) is 22.2 Å². The van der Waals surface area contributed by atoms with Gasteiger partial charge in [0, 0.05) is 62.0 Å². The predicted molar refractivity (Wildman–Crippen MR) is 127 cm³/mol. The molecule has 0 aliphatic carbocycles. The molecular weight excluding hydrogens is 473 g/mol. The van der Waals surface area contributed by atoms with Crippen LogP contribution in [0, 0.1) is 11.6 Å². The number of nitrogens with zero attached hydrogens (tertiary/aromatic N) is 5. The van der Waals surface area contributed by atoms with Gasteiger partial charge in [-0.05, 0) is 42.1 Å². The summed E-state index contributed by atoms with van der Waals surface area (Å²) in [6.45, 7) is 0.920. The standard InChI is InChI=1S/C23H21BF2N6O2S/c24-20-14-29-32-22(28-13-15-2-1-5-27-12-15)11-21(30-23(20)32)16-3-6-31(7-4-16)35(33,34)19-9-17(25)8-18(26)10-19/h1-2,5,8-12,14,16,28H,3-4,6-7,13H2. The molecule has 178 valence electrons. The van der Waals surface area contributed by atoms with Gasteiger partial charge in [-0.1, -0.05) is 6.07 Å². The molecule has 1 aromatic carbocycles. The predicted octanol–water partition coefficient (Wildman–Crippen LogP) is 2.38. The lowest BCUT2D eigenvalue weighted by molar-refractivity contribution is 0.316. The summed E-state index contributed by atoms with van der Waals surface area (Å²) in [5.41, 5.74) is 2.71. The maximum absolute atomic E-state index is 13.6. The number of anilines is 1. The average molecular weight is 494 g/mol. The van der Waals surface area contributed by atoms with Crippen LogP contribution in [-0.4, -0.2) is 53.2 Å². The molecule has 1 aliphatic heterocycles. The lowest BCUT2D eigenvalue weighted by Crippen LogP contribution is -2.38. The lowest BCUT2D eigenvalue weighted by atomic mass is 9.94. The quantitative estimate of drug-likeness (QED) is 0.414. The number of rotatable bonds is 6. The third-order valence-electron chi connectivity index (χ3n) is 6.06. The number of hydrogen-bond acceptors (Lipinski definition) is 6. The first kappa shape index (κ1) is 23.4. The molecule has 4 aromatic rings. The number of nitrogens with one attached hydrogen (secondary N) is 1. The zero-order valence-electron chi connectivity index (χ0n) is 18.6. The summed E-state index contributed by atoms with van der Waals surface area (Å²) < 4.78 is 55.9. The molecule has 1 aliphatic rings. The Balaban J connectivity index is 1.36. The fourth-order valence-electron chi connectivity index (χ4n) is 4.25. The number of fused-ring (bicyclic) bond motifs is 1. The number of pyridine rings is 1. The minimum atomic E-state index is -4.01. The van der Waals surface area contributed by atoms with Crippen LogP contribution in [0.25, 0.3) is 5.65 Å². The van der Waals surface area contributed by atoms with Crippen LogP contribution < -0.4 is 10.8 Å². The van der Waals surface area contributed by atoms with E-state index < -0.39 is 21.7 Å². The van der Waals surface area contributed by atoms with Gasteiger partial charge in [-0.3, -0.25) is 4.98 Å². The topological polar surface area (TPSA) is 92.5 Å². The molecule has 2 radical (unpaired) electrons. The number of benzene rings is 1. The van der Waals surface area contributed by atoms with Gasteiger partial charge in [0.2, 0.25) is 10.0 Å². The summed E-state index contributed by atoms with van der Waals surface area (Å²) in [7, 11) is 2.07. The number of piperidine rings is 1. The minimum absolute atomic E-state index is 0.0241. The average Bonchev–Trinajstić information content (AvgIpc) is 3.23. The van der Waals surface area contributed by atoms with Gasteiger partial charge in [0.15, 0.2) is 0 Å². The van der Waals surface area contributed by atoms with Gasteiger partial charge in [-0.2, -0.15) is 13.9 Å². The first-order valence-corrected chi connectivity index (χ1v) is 12.5. The van der Waals surface area contributed by atoms with E-state index in [0.717, 1.165) is 23.4 Å². The van der Waals surface area contributed by atoms with Crippen LogP contribution in [0.2, 0.25) is 0 Å². The van der Waals surface area contributed by atoms with Crippen LogP contribution in [0.3, 0.4) is 0 Å². The summed E-state index contributed by atoms with van der Waals surface area (Å²) >= 11 is 0. The molecule has 1 fully saturated rings. The third-order valence-corrected chi connectivity index (χ3v) is 7.94. The molecule has 0 spiro atoms. The molecule has 5 rings (SSSR count). The maximum atomic E-state index is 13.6. The first-order chi connectivity index (χ1) is 16.8. The van der Waals surface area contributed by atoms with E-state index in [4.69, 9.17) is 12.8 Å². The van der Waals surface area contributed by atoms with Crippen molar-refractivity contribution in [2.75, 3.05) is 18.4 Å². The van der Waals surface area contributed by atoms with Crippen molar-refractivity contribution in [3.05, 3.63) is 77.9 Å². The van der Waals surface area contributed by atoms with Crippen molar-refractivity contribution in [1.82, 2.24) is 23.9 Å². The normalized spacial score (nSPS) is 15.5. The molecule has 12 heteroatoms. The van der Waals surface area contributed by atoms with Crippen LogP contribution >= 0.6 is 0 Å². The Morgan fingerprint density at radius 1 is 1.09 bits per heavy atom. The van der Waals surface area contributed by atoms with Crippen LogP contribution in [0.1, 0.15) is 30.0 Å². The van der Waals surface area contributed by atoms with Crippen LogP contribution in [-0.2, 0) is 16.6 Å². The van der Waals surface area contributed by atoms with E-state index in [0.29, 0.717) is 42.4 Å². The highest BCUT2D eigenvalue weighted by molar-refractivity contribution is 7.89. The zero-order valence-corrected chi connectivity index (χ0v) is 19.4. The van der Waals surface area contributed by atoms with Gasteiger partial charge in [0.1, 0.15) is 30.9 Å². The second kappa shape index (κ2) is 9.35. The Bertz CT molecular complexity index is 1450. The van der Waals surface area contributed by atoms with Gasteiger partial charge in [-0.15, -0.1) is 0 Å². The van der Waals surface area contributed by atoms with E-state index in [9.17, 15) is 17.2 Å². The van der Waals surface area contributed by atoms with Gasteiger partial charge in [0.25, 0.3) is 0 Å². The Hall–Kier alpha value is -3.38. The van der Waals surface area contributed by atoms with Crippen molar-refractivity contribution in [3.63, 3.8) is 0 Å². The number of aromatic nitrogens is 4. The van der Waals surface area contributed by atoms with Gasteiger partial charge >= 0.3 is 0 Å². The first-order valence-electron chi connectivity index (χ1n) is 11.0. The van der Waals surface area contributed by atoms with E-state index in [1.54, 1.807) is 16.9 Å². The van der Waals surface area contributed by atoms with E-state index in [1.807, 2.05) is 18.2 Å². The lowest BCUT2D eigenvalue weighted by Gasteiger charge is -2.31. The summed E-state index contributed by atoms with van der Waals surface area (Å²) in [6, 6.07) is 8.03. The van der Waals surface area contributed by atoms with Crippen LogP contribution in [0.4, 0.5) is 14.6 Å². The van der Waals surface area contributed by atoms with E-state index in [-0.39, 0.29) is 23.9 Å². The molecule has 4 heterocycles. The molecule has 1 N–H and O–H groups in total. The zero-order chi connectivity index (χ0) is 24.6. The van der Waals surface area contributed by atoms with Crippen LogP contribution in [0.15, 0.2) is 59.9 Å². The summed E-state index contributed by atoms with van der Waals surface area (Å²) in [6.07, 6.45) is 6.00. The van der Waals surface area contributed by atoms with Crippen LogP contribution in [0.5, 0.6) is 0 Å². The van der Waals surface area contributed by atoms with Gasteiger partial charge < -0.3 is 5.32 Å². The Kier molecular flexibility index (Phi) is 6.24. The highest BCUT2D eigenvalue weighted by atomic mass is 32.2. The number of sulfonamides is 1. The molecule has 0 unspecified atom stereocenters. The fraction of sp³-hybridized carbons (Fsp3) is 0.261. The summed E-state index contributed by atoms with van der Waals surface area (Å²) in [5.74, 6) is -1.18. The van der Waals surface area contributed by atoms with Crippen molar-refractivity contribution in [1.29, 1.82) is 0 Å². The smallest absolute Gasteiger partial charge is 0.243 e. The van der Waals surface area contributed by atoms with E-state index in [2.05, 4.69) is 15.4 Å². The van der Waals surface area contributed by atoms with Crippen molar-refractivity contribution < 1.29 is 17.2 Å². The number of hydrogen-bond donors (Lipinski definition) is 1. The van der Waals surface area contributed by atoms with Gasteiger partial charge in [0.05, 0.1) is 4.90 Å². The fourth-order valence-corrected chi connectivity index (χ4v) is 5.76. The monoisotopic (exact) mass is 494 g/mol. The Morgan fingerprint density at radius 2 is 1.83 bits per heavy atom. The van der Waals surface area contributed by atoms with E-state index >= 15 is 0 Å². The minimum Gasteiger partial charge on any atom is -0.366 e. The molecule has 35 heavy (non-hydrogen) atoms. The van der Waals surface area contributed by atoms with Crippen molar-refractivity contribution in [3.8, 4) is 0 Å². The molecule has 8 nitrogen and oxygen atoms in total. The molecule has 3 aromatic heterocycles. The SMILES string of the molecule is [B]c1cnn2c(NCc3cccnc3)cc(C3CCN(S(=O)(=O)c4cc(F)cc(F)c4)CC3)nc12. The molecule has 0 atom stereocenters. The Morgan fingerprint density at radius 3 is 2.51 bits per heavy atom. The molecular formula is C23H21BF2N6O2S. The molecule has 0 saturated carbocycles. The summed E-state index contributed by atoms with van der Waals surface area (Å²) in [5, 5.41) is 7.66. The van der Waals surface area contributed by atoms with Crippen molar-refractivity contribution in [2.45, 2.75) is 30.2 Å². The Labute approximate surface area is 202 Å². The number of halogens is 2. The largest absolute Gasteiger partial charge is 0.366 e.